The average Bonchev–Trinajstić information content (AvgIpc) is 2.48. The normalized spacial score (nSPS) is 18.1. The second kappa shape index (κ2) is 7.96. The first kappa shape index (κ1) is 15.7. The van der Waals surface area contributed by atoms with Crippen molar-refractivity contribution < 1.29 is 4.39 Å². The molecule has 112 valence electrons. The van der Waals surface area contributed by atoms with E-state index in [1.54, 1.807) is 6.07 Å². The second-order valence-electron chi connectivity index (χ2n) is 5.47. The van der Waals surface area contributed by atoms with Gasteiger partial charge in [-0.25, -0.2) is 4.39 Å². The summed E-state index contributed by atoms with van der Waals surface area (Å²) in [5.74, 6) is -0.331. The predicted molar refractivity (Wildman–Crippen MR) is 82.7 cm³/mol. The summed E-state index contributed by atoms with van der Waals surface area (Å²) >= 11 is 5.95. The number of nitrogens with zero attached hydrogens (tertiary/aromatic N) is 1. The van der Waals surface area contributed by atoms with E-state index in [9.17, 15) is 4.39 Å². The van der Waals surface area contributed by atoms with Crippen LogP contribution in [0.4, 0.5) is 4.39 Å². The molecule has 0 bridgehead atoms. The summed E-state index contributed by atoms with van der Waals surface area (Å²) in [5, 5.41) is 3.62. The molecule has 1 aliphatic rings. The van der Waals surface area contributed by atoms with Gasteiger partial charge in [0.1, 0.15) is 5.82 Å². The molecule has 1 fully saturated rings. The van der Waals surface area contributed by atoms with Gasteiger partial charge in [-0.1, -0.05) is 43.9 Å². The predicted octanol–water partition coefficient (Wildman–Crippen LogP) is 4.01. The Morgan fingerprint density at radius 2 is 2.05 bits per heavy atom. The molecule has 1 aromatic carbocycles. The molecule has 1 atom stereocenters. The quantitative estimate of drug-likeness (QED) is 0.799. The number of piperazine rings is 1. The van der Waals surface area contributed by atoms with Crippen LogP contribution in [0.5, 0.6) is 0 Å². The fourth-order valence-electron chi connectivity index (χ4n) is 2.86. The van der Waals surface area contributed by atoms with Crippen molar-refractivity contribution >= 4 is 11.6 Å². The maximum atomic E-state index is 13.4. The van der Waals surface area contributed by atoms with E-state index in [4.69, 9.17) is 11.6 Å². The molecule has 4 heteroatoms. The summed E-state index contributed by atoms with van der Waals surface area (Å²) in [6.45, 7) is 6.37. The molecule has 0 saturated carbocycles. The number of hydrogen-bond donors (Lipinski definition) is 1. The summed E-state index contributed by atoms with van der Waals surface area (Å²) < 4.78 is 13.4. The molecule has 0 amide bonds. The summed E-state index contributed by atoms with van der Waals surface area (Å²) in [4.78, 5) is 2.50. The lowest BCUT2D eigenvalue weighted by molar-refractivity contribution is 0.162. The van der Waals surface area contributed by atoms with Crippen molar-refractivity contribution in [2.24, 2.45) is 0 Å². The fourth-order valence-corrected chi connectivity index (χ4v) is 3.05. The molecule has 1 saturated heterocycles. The third-order valence-electron chi connectivity index (χ3n) is 4.00. The van der Waals surface area contributed by atoms with Gasteiger partial charge in [0.15, 0.2) is 0 Å². The van der Waals surface area contributed by atoms with Gasteiger partial charge in [-0.15, -0.1) is 0 Å². The zero-order valence-corrected chi connectivity index (χ0v) is 12.9. The topological polar surface area (TPSA) is 15.3 Å². The van der Waals surface area contributed by atoms with Gasteiger partial charge in [0.25, 0.3) is 0 Å². The van der Waals surface area contributed by atoms with Crippen molar-refractivity contribution in [2.75, 3.05) is 26.2 Å². The maximum Gasteiger partial charge on any atom is 0.141 e. The highest BCUT2D eigenvalue weighted by atomic mass is 35.5. The third-order valence-corrected chi connectivity index (χ3v) is 4.29. The van der Waals surface area contributed by atoms with E-state index in [1.807, 2.05) is 6.07 Å². The largest absolute Gasteiger partial charge is 0.314 e. The van der Waals surface area contributed by atoms with Gasteiger partial charge in [0.05, 0.1) is 5.02 Å². The molecule has 1 N–H and O–H groups in total. The van der Waals surface area contributed by atoms with E-state index in [0.29, 0.717) is 6.04 Å². The minimum Gasteiger partial charge on any atom is -0.314 e. The second-order valence-corrected chi connectivity index (χ2v) is 5.88. The number of hydrogen-bond acceptors (Lipinski definition) is 2. The standard InChI is InChI=1S/C16H24ClFN2/c1-2-3-4-5-16(20-10-8-19-9-11-20)13-6-7-15(18)14(17)12-13/h6-7,12,16,19H,2-5,8-11H2,1H3/t16-/m0/s1. The number of nitrogens with one attached hydrogen (secondary N) is 1. The van der Waals surface area contributed by atoms with Gasteiger partial charge in [0, 0.05) is 32.2 Å². The van der Waals surface area contributed by atoms with Gasteiger partial charge in [0.2, 0.25) is 0 Å². The number of halogens is 2. The Kier molecular flexibility index (Phi) is 6.27. The lowest BCUT2D eigenvalue weighted by Gasteiger charge is -2.35. The van der Waals surface area contributed by atoms with E-state index < -0.39 is 0 Å². The molecule has 2 nitrogen and oxygen atoms in total. The van der Waals surface area contributed by atoms with E-state index in [-0.39, 0.29) is 10.8 Å². The first-order chi connectivity index (χ1) is 9.72. The minimum absolute atomic E-state index is 0.234. The molecule has 0 unspecified atom stereocenters. The van der Waals surface area contributed by atoms with Crippen molar-refractivity contribution in [3.8, 4) is 0 Å². The Labute approximate surface area is 126 Å². The van der Waals surface area contributed by atoms with Crippen molar-refractivity contribution in [3.63, 3.8) is 0 Å². The van der Waals surface area contributed by atoms with Gasteiger partial charge in [-0.05, 0) is 24.1 Å². The van der Waals surface area contributed by atoms with Crippen LogP contribution in [0.3, 0.4) is 0 Å². The average molecular weight is 299 g/mol. The summed E-state index contributed by atoms with van der Waals surface area (Å²) in [6, 6.07) is 5.55. The molecule has 0 spiro atoms. The van der Waals surface area contributed by atoms with Crippen LogP contribution >= 0.6 is 11.6 Å². The number of unbranched alkanes of at least 4 members (excludes halogenated alkanes) is 2. The summed E-state index contributed by atoms with van der Waals surface area (Å²) in [7, 11) is 0. The van der Waals surface area contributed by atoms with Gasteiger partial charge < -0.3 is 5.32 Å². The minimum atomic E-state index is -0.331. The summed E-state index contributed by atoms with van der Waals surface area (Å²) in [5.41, 5.74) is 1.15. The molecular weight excluding hydrogens is 275 g/mol. The van der Waals surface area contributed by atoms with E-state index >= 15 is 0 Å². The molecule has 1 aromatic rings. The maximum absolute atomic E-state index is 13.4. The Morgan fingerprint density at radius 1 is 1.30 bits per heavy atom. The van der Waals surface area contributed by atoms with E-state index in [1.165, 1.54) is 25.3 Å². The van der Waals surface area contributed by atoms with Crippen LogP contribution in [0.25, 0.3) is 0 Å². The van der Waals surface area contributed by atoms with Gasteiger partial charge >= 0.3 is 0 Å². The molecule has 0 radical (unpaired) electrons. The van der Waals surface area contributed by atoms with Crippen LogP contribution in [0, 0.1) is 5.82 Å². The van der Waals surface area contributed by atoms with Crippen LogP contribution in [0.2, 0.25) is 5.02 Å². The van der Waals surface area contributed by atoms with Crippen LogP contribution < -0.4 is 5.32 Å². The van der Waals surface area contributed by atoms with Crippen LogP contribution in [-0.2, 0) is 0 Å². The lowest BCUT2D eigenvalue weighted by Crippen LogP contribution is -2.45. The zero-order valence-electron chi connectivity index (χ0n) is 12.2. The van der Waals surface area contributed by atoms with Crippen LogP contribution in [0.1, 0.15) is 44.2 Å². The molecule has 2 rings (SSSR count). The smallest absolute Gasteiger partial charge is 0.141 e. The van der Waals surface area contributed by atoms with E-state index in [0.717, 1.165) is 38.2 Å². The summed E-state index contributed by atoms with van der Waals surface area (Å²) in [6.07, 6.45) is 4.80. The highest BCUT2D eigenvalue weighted by Gasteiger charge is 2.22. The Hall–Kier alpha value is -0.640. The van der Waals surface area contributed by atoms with E-state index in [2.05, 4.69) is 17.1 Å². The molecule has 1 aliphatic heterocycles. The molecule has 0 aliphatic carbocycles. The first-order valence-electron chi connectivity index (χ1n) is 7.62. The SMILES string of the molecule is CCCCC[C@@H](c1ccc(F)c(Cl)c1)N1CCNCC1. The number of benzene rings is 1. The third kappa shape index (κ3) is 4.18. The molecule has 1 heterocycles. The van der Waals surface area contributed by atoms with Gasteiger partial charge in [-0.2, -0.15) is 0 Å². The monoisotopic (exact) mass is 298 g/mol. The molecule has 0 aromatic heterocycles. The van der Waals surface area contributed by atoms with Crippen LogP contribution in [0.15, 0.2) is 18.2 Å². The van der Waals surface area contributed by atoms with Crippen molar-refractivity contribution in [2.45, 2.75) is 38.6 Å². The fraction of sp³-hybridized carbons (Fsp3) is 0.625. The zero-order chi connectivity index (χ0) is 14.4. The first-order valence-corrected chi connectivity index (χ1v) is 8.00. The number of rotatable bonds is 6. The highest BCUT2D eigenvalue weighted by molar-refractivity contribution is 6.30. The Morgan fingerprint density at radius 3 is 2.70 bits per heavy atom. The van der Waals surface area contributed by atoms with Crippen molar-refractivity contribution in [1.82, 2.24) is 10.2 Å². The lowest BCUT2D eigenvalue weighted by atomic mass is 9.98. The van der Waals surface area contributed by atoms with Crippen LogP contribution in [-0.4, -0.2) is 31.1 Å². The molecule has 20 heavy (non-hydrogen) atoms. The highest BCUT2D eigenvalue weighted by Crippen LogP contribution is 2.29. The molecular formula is C16H24ClFN2. The Balaban J connectivity index is 2.12. The van der Waals surface area contributed by atoms with Crippen molar-refractivity contribution in [1.29, 1.82) is 0 Å². The van der Waals surface area contributed by atoms with Crippen molar-refractivity contribution in [3.05, 3.63) is 34.6 Å². The Bertz CT molecular complexity index is 419. The van der Waals surface area contributed by atoms with Gasteiger partial charge in [-0.3, -0.25) is 4.90 Å².